The van der Waals surface area contributed by atoms with E-state index in [1.165, 1.54) is 12.1 Å². The number of hydrogen-bond acceptors (Lipinski definition) is 6. The predicted octanol–water partition coefficient (Wildman–Crippen LogP) is 0.253. The van der Waals surface area contributed by atoms with Gasteiger partial charge in [0.05, 0.1) is 10.9 Å². The molecular formula is C16H6N2O4. The summed E-state index contributed by atoms with van der Waals surface area (Å²) in [5, 5.41) is 0.775. The van der Waals surface area contributed by atoms with Gasteiger partial charge in [-0.25, -0.2) is 9.97 Å². The van der Waals surface area contributed by atoms with Crippen LogP contribution in [-0.4, -0.2) is 9.97 Å². The zero-order valence-corrected chi connectivity index (χ0v) is 11.0. The molecule has 0 spiro atoms. The molecule has 6 nitrogen and oxygen atoms in total. The van der Waals surface area contributed by atoms with E-state index in [-0.39, 0.29) is 32.6 Å². The average molecular weight is 290 g/mol. The van der Waals surface area contributed by atoms with Gasteiger partial charge in [-0.3, -0.25) is 19.2 Å². The first-order chi connectivity index (χ1) is 10.6. The Morgan fingerprint density at radius 3 is 2.00 bits per heavy atom. The first kappa shape index (κ1) is 12.5. The Hall–Kier alpha value is -3.28. The van der Waals surface area contributed by atoms with Crippen LogP contribution in [0.1, 0.15) is 0 Å². The molecule has 22 heavy (non-hydrogen) atoms. The third-order valence-corrected chi connectivity index (χ3v) is 3.66. The molecule has 104 valence electrons. The third-order valence-electron chi connectivity index (χ3n) is 3.66. The van der Waals surface area contributed by atoms with E-state index < -0.39 is 16.5 Å². The number of aromatic nitrogens is 2. The molecule has 0 aliphatic rings. The lowest BCUT2D eigenvalue weighted by molar-refractivity contribution is 1.15. The number of nitrogens with zero attached hydrogens (tertiary/aromatic N) is 2. The summed E-state index contributed by atoms with van der Waals surface area (Å²) < 4.78 is 0. The van der Waals surface area contributed by atoms with Crippen molar-refractivity contribution in [1.29, 1.82) is 0 Å². The summed E-state index contributed by atoms with van der Waals surface area (Å²) in [4.78, 5) is 55.2. The first-order valence-electron chi connectivity index (χ1n) is 6.45. The Labute approximate surface area is 121 Å². The predicted molar refractivity (Wildman–Crippen MR) is 82.0 cm³/mol. The highest BCUT2D eigenvalue weighted by molar-refractivity contribution is 6.09. The van der Waals surface area contributed by atoms with Crippen molar-refractivity contribution in [1.82, 2.24) is 9.97 Å². The van der Waals surface area contributed by atoms with E-state index in [2.05, 4.69) is 9.97 Å². The molecule has 0 aliphatic heterocycles. The van der Waals surface area contributed by atoms with Crippen molar-refractivity contribution in [2.24, 2.45) is 0 Å². The van der Waals surface area contributed by atoms with Gasteiger partial charge in [-0.15, -0.1) is 0 Å². The van der Waals surface area contributed by atoms with Gasteiger partial charge in [0.25, 0.3) is 0 Å². The molecular weight excluding hydrogens is 284 g/mol. The SMILES string of the molecule is O=c1nc2ccc3c(=O)c4ccccc4c(=O)c3c2nc1=O. The van der Waals surface area contributed by atoms with E-state index >= 15 is 0 Å². The molecule has 0 N–H and O–H groups in total. The standard InChI is InChI=1S/C16H6N2O4/c19-13-7-3-1-2-4-8(7)14(20)11-9(13)5-6-10-12(11)18-16(22)15(21)17-10/h1-6H. The van der Waals surface area contributed by atoms with Crippen molar-refractivity contribution in [3.05, 3.63) is 77.6 Å². The summed E-state index contributed by atoms with van der Waals surface area (Å²) in [6.45, 7) is 0. The van der Waals surface area contributed by atoms with Crippen LogP contribution in [0.4, 0.5) is 0 Å². The van der Waals surface area contributed by atoms with Gasteiger partial charge in [-0.2, -0.15) is 0 Å². The van der Waals surface area contributed by atoms with Crippen LogP contribution in [0.15, 0.2) is 55.6 Å². The van der Waals surface area contributed by atoms with Crippen molar-refractivity contribution in [3.8, 4) is 0 Å². The Bertz CT molecular complexity index is 1300. The summed E-state index contributed by atoms with van der Waals surface area (Å²) in [6, 6.07) is 9.31. The maximum absolute atomic E-state index is 12.7. The highest BCUT2D eigenvalue weighted by atomic mass is 16.2. The van der Waals surface area contributed by atoms with Crippen LogP contribution >= 0.6 is 0 Å². The van der Waals surface area contributed by atoms with Crippen molar-refractivity contribution in [2.45, 2.75) is 0 Å². The average Bonchev–Trinajstić information content (AvgIpc) is 2.53. The number of hydrogen-bond donors (Lipinski definition) is 0. The van der Waals surface area contributed by atoms with Crippen molar-refractivity contribution >= 4 is 32.6 Å². The van der Waals surface area contributed by atoms with E-state index in [1.54, 1.807) is 24.3 Å². The Balaban J connectivity index is 2.46. The van der Waals surface area contributed by atoms with Gasteiger partial charge in [-0.1, -0.05) is 24.3 Å². The monoisotopic (exact) mass is 290 g/mol. The minimum atomic E-state index is -1.04. The van der Waals surface area contributed by atoms with Gasteiger partial charge < -0.3 is 0 Å². The van der Waals surface area contributed by atoms with Gasteiger partial charge in [0.2, 0.25) is 0 Å². The van der Waals surface area contributed by atoms with Crippen LogP contribution in [0.3, 0.4) is 0 Å². The Kier molecular flexibility index (Phi) is 2.33. The molecule has 0 radical (unpaired) electrons. The summed E-state index contributed by atoms with van der Waals surface area (Å²) in [5.74, 6) is 0. The molecule has 3 aromatic carbocycles. The van der Waals surface area contributed by atoms with Gasteiger partial charge in [-0.05, 0) is 12.1 Å². The number of benzene rings is 3. The molecule has 6 heteroatoms. The lowest BCUT2D eigenvalue weighted by atomic mass is 10.0. The molecule has 1 aromatic heterocycles. The molecule has 1 heterocycles. The van der Waals surface area contributed by atoms with Crippen LogP contribution < -0.4 is 22.0 Å². The fourth-order valence-corrected chi connectivity index (χ4v) is 2.67. The minimum absolute atomic E-state index is 0.00467. The second-order valence-electron chi connectivity index (χ2n) is 4.89. The summed E-state index contributed by atoms with van der Waals surface area (Å²) in [7, 11) is 0. The molecule has 0 fully saturated rings. The van der Waals surface area contributed by atoms with E-state index in [9.17, 15) is 19.2 Å². The summed E-state index contributed by atoms with van der Waals surface area (Å²) >= 11 is 0. The quantitative estimate of drug-likeness (QED) is 0.262. The first-order valence-corrected chi connectivity index (χ1v) is 6.45. The number of fused-ring (bicyclic) bond motifs is 4. The molecule has 4 aromatic rings. The minimum Gasteiger partial charge on any atom is -0.289 e. The fourth-order valence-electron chi connectivity index (χ4n) is 2.67. The largest absolute Gasteiger partial charge is 0.338 e. The van der Waals surface area contributed by atoms with Crippen LogP contribution in [0, 0.1) is 0 Å². The van der Waals surface area contributed by atoms with Gasteiger partial charge in [0.1, 0.15) is 5.52 Å². The maximum Gasteiger partial charge on any atom is 0.338 e. The number of rotatable bonds is 0. The topological polar surface area (TPSA) is 94.1 Å². The van der Waals surface area contributed by atoms with Crippen LogP contribution in [0.2, 0.25) is 0 Å². The normalized spacial score (nSPS) is 11.5. The third kappa shape index (κ3) is 1.49. The highest BCUT2D eigenvalue weighted by Crippen LogP contribution is 2.18. The Morgan fingerprint density at radius 2 is 1.27 bits per heavy atom. The molecule has 0 unspecified atom stereocenters. The smallest absolute Gasteiger partial charge is 0.289 e. The molecule has 0 aliphatic carbocycles. The summed E-state index contributed by atoms with van der Waals surface area (Å²) in [6.07, 6.45) is 0. The fraction of sp³-hybridized carbons (Fsp3) is 0. The highest BCUT2D eigenvalue weighted by Gasteiger charge is 2.15. The Morgan fingerprint density at radius 1 is 0.636 bits per heavy atom. The van der Waals surface area contributed by atoms with Crippen molar-refractivity contribution < 1.29 is 0 Å². The zero-order chi connectivity index (χ0) is 15.4. The van der Waals surface area contributed by atoms with E-state index in [0.717, 1.165) is 0 Å². The second-order valence-corrected chi connectivity index (χ2v) is 4.89. The van der Waals surface area contributed by atoms with Crippen molar-refractivity contribution in [2.75, 3.05) is 0 Å². The van der Waals surface area contributed by atoms with Gasteiger partial charge >= 0.3 is 11.1 Å². The van der Waals surface area contributed by atoms with Crippen LogP contribution in [0.5, 0.6) is 0 Å². The molecule has 0 amide bonds. The van der Waals surface area contributed by atoms with Crippen LogP contribution in [-0.2, 0) is 0 Å². The molecule has 4 rings (SSSR count). The molecule has 0 atom stereocenters. The van der Waals surface area contributed by atoms with E-state index in [4.69, 9.17) is 0 Å². The second kappa shape index (κ2) is 4.11. The lowest BCUT2D eigenvalue weighted by Crippen LogP contribution is -2.29. The summed E-state index contributed by atoms with van der Waals surface area (Å²) in [5.41, 5.74) is -2.61. The lowest BCUT2D eigenvalue weighted by Gasteiger charge is -2.02. The zero-order valence-electron chi connectivity index (χ0n) is 11.0. The van der Waals surface area contributed by atoms with E-state index in [0.29, 0.717) is 5.39 Å². The van der Waals surface area contributed by atoms with Gasteiger partial charge in [0, 0.05) is 16.2 Å². The molecule has 0 saturated carbocycles. The molecule has 0 saturated heterocycles. The van der Waals surface area contributed by atoms with Crippen LogP contribution in [0.25, 0.3) is 32.6 Å². The van der Waals surface area contributed by atoms with E-state index in [1.807, 2.05) is 0 Å². The van der Waals surface area contributed by atoms with Crippen molar-refractivity contribution in [3.63, 3.8) is 0 Å². The maximum atomic E-state index is 12.7. The molecule has 0 bridgehead atoms. The van der Waals surface area contributed by atoms with Gasteiger partial charge in [0.15, 0.2) is 10.9 Å².